The zero-order chi connectivity index (χ0) is 20.9. The largest absolute Gasteiger partial charge is 0.454 e. The standard InChI is InChI=1S/C19H17N5O5S/c1-2-23(10-12-7-8-14-15(9-12)29-11-28-14)18(25)17-20-19-22-30(26,27)16-6-4-3-5-13(16)24(19)21-17/h3-9H,2,10-11H2,1H3,(H,20,21,22). The molecule has 10 nitrogen and oxygen atoms in total. The normalized spacial score (nSPS) is 15.1. The zero-order valence-corrected chi connectivity index (χ0v) is 16.7. The van der Waals surface area contributed by atoms with Crippen LogP contribution in [-0.2, 0) is 16.6 Å². The number of nitrogens with zero attached hydrogens (tertiary/aromatic N) is 4. The first-order valence-electron chi connectivity index (χ1n) is 9.23. The quantitative estimate of drug-likeness (QED) is 0.675. The second-order valence-electron chi connectivity index (χ2n) is 6.75. The van der Waals surface area contributed by atoms with Gasteiger partial charge in [-0.25, -0.2) is 13.1 Å². The van der Waals surface area contributed by atoms with Crippen LogP contribution in [0.5, 0.6) is 11.5 Å². The topological polar surface area (TPSA) is 116 Å². The number of fused-ring (bicyclic) bond motifs is 4. The number of hydrogen-bond donors (Lipinski definition) is 1. The SMILES string of the molecule is CCN(Cc1ccc2c(c1)OCO2)C(=O)c1nc2n(n1)-c1ccccc1S(=O)(=O)N2. The van der Waals surface area contributed by atoms with Crippen molar-refractivity contribution >= 4 is 21.9 Å². The van der Waals surface area contributed by atoms with Crippen LogP contribution in [0.1, 0.15) is 23.1 Å². The van der Waals surface area contributed by atoms with E-state index in [1.807, 2.05) is 19.1 Å². The Morgan fingerprint density at radius 3 is 2.83 bits per heavy atom. The molecule has 154 valence electrons. The summed E-state index contributed by atoms with van der Waals surface area (Å²) in [7, 11) is -3.77. The molecule has 11 heteroatoms. The average Bonchev–Trinajstić information content (AvgIpc) is 3.37. The van der Waals surface area contributed by atoms with Crippen molar-refractivity contribution in [1.82, 2.24) is 19.7 Å². The summed E-state index contributed by atoms with van der Waals surface area (Å²) in [5.41, 5.74) is 1.21. The Kier molecular flexibility index (Phi) is 4.13. The maximum atomic E-state index is 13.1. The van der Waals surface area contributed by atoms with E-state index < -0.39 is 15.9 Å². The molecule has 5 rings (SSSR count). The number of nitrogens with one attached hydrogen (secondary N) is 1. The third-order valence-corrected chi connectivity index (χ3v) is 6.26. The van der Waals surface area contributed by atoms with Gasteiger partial charge in [-0.1, -0.05) is 18.2 Å². The summed E-state index contributed by atoms with van der Waals surface area (Å²) in [4.78, 5) is 18.8. The van der Waals surface area contributed by atoms with Gasteiger partial charge in [0.25, 0.3) is 15.9 Å². The molecule has 1 N–H and O–H groups in total. The Balaban J connectivity index is 1.45. The molecule has 1 amide bonds. The number of hydrogen-bond acceptors (Lipinski definition) is 7. The minimum Gasteiger partial charge on any atom is -0.454 e. The third-order valence-electron chi connectivity index (χ3n) is 4.89. The predicted molar refractivity (Wildman–Crippen MR) is 105 cm³/mol. The highest BCUT2D eigenvalue weighted by Gasteiger charge is 2.32. The summed E-state index contributed by atoms with van der Waals surface area (Å²) in [6, 6.07) is 11.9. The number of ether oxygens (including phenoxy) is 2. The number of amides is 1. The molecule has 0 radical (unpaired) electrons. The molecule has 0 fully saturated rings. The molecule has 2 aromatic carbocycles. The molecule has 1 aromatic heterocycles. The molecule has 0 spiro atoms. The van der Waals surface area contributed by atoms with Crippen molar-refractivity contribution < 1.29 is 22.7 Å². The van der Waals surface area contributed by atoms with Crippen LogP contribution in [0.3, 0.4) is 0 Å². The number of sulfonamides is 1. The lowest BCUT2D eigenvalue weighted by Gasteiger charge is -2.19. The minimum atomic E-state index is -3.77. The lowest BCUT2D eigenvalue weighted by molar-refractivity contribution is 0.0740. The summed E-state index contributed by atoms with van der Waals surface area (Å²) in [5.74, 6) is 0.789. The fraction of sp³-hybridized carbons (Fsp3) is 0.211. The number of para-hydroxylation sites is 1. The summed E-state index contributed by atoms with van der Waals surface area (Å²) in [6.07, 6.45) is 0. The van der Waals surface area contributed by atoms with Crippen LogP contribution < -0.4 is 14.2 Å². The third kappa shape index (κ3) is 2.94. The Bertz CT molecular complexity index is 1270. The van der Waals surface area contributed by atoms with Gasteiger partial charge in [-0.15, -0.1) is 5.10 Å². The first-order valence-corrected chi connectivity index (χ1v) is 10.7. The predicted octanol–water partition coefficient (Wildman–Crippen LogP) is 1.77. The molecule has 0 unspecified atom stereocenters. The molecule has 0 atom stereocenters. The Morgan fingerprint density at radius 1 is 1.20 bits per heavy atom. The first kappa shape index (κ1) is 18.4. The van der Waals surface area contributed by atoms with Gasteiger partial charge in [-0.3, -0.25) is 4.79 Å². The maximum absolute atomic E-state index is 13.1. The van der Waals surface area contributed by atoms with Gasteiger partial charge < -0.3 is 14.4 Å². The maximum Gasteiger partial charge on any atom is 0.293 e. The monoisotopic (exact) mass is 427 g/mol. The molecule has 3 heterocycles. The number of benzene rings is 2. The number of carbonyl (C=O) groups is 1. The van der Waals surface area contributed by atoms with Gasteiger partial charge in [-0.05, 0) is 36.8 Å². The lowest BCUT2D eigenvalue weighted by atomic mass is 10.2. The molecular weight excluding hydrogens is 410 g/mol. The minimum absolute atomic E-state index is 0.0174. The van der Waals surface area contributed by atoms with E-state index in [0.717, 1.165) is 5.56 Å². The van der Waals surface area contributed by atoms with Gasteiger partial charge in [-0.2, -0.15) is 9.67 Å². The van der Waals surface area contributed by atoms with E-state index in [1.54, 1.807) is 29.2 Å². The fourth-order valence-corrected chi connectivity index (χ4v) is 4.57. The zero-order valence-electron chi connectivity index (χ0n) is 15.9. The van der Waals surface area contributed by atoms with Crippen molar-refractivity contribution in [3.8, 4) is 17.2 Å². The van der Waals surface area contributed by atoms with Crippen molar-refractivity contribution in [2.24, 2.45) is 0 Å². The van der Waals surface area contributed by atoms with Crippen LogP contribution in [0.4, 0.5) is 5.95 Å². The van der Waals surface area contributed by atoms with Crippen LogP contribution in [0.15, 0.2) is 47.4 Å². The van der Waals surface area contributed by atoms with Crippen molar-refractivity contribution in [2.75, 3.05) is 18.1 Å². The lowest BCUT2D eigenvalue weighted by Crippen LogP contribution is -2.31. The summed E-state index contributed by atoms with van der Waals surface area (Å²) >= 11 is 0. The molecule has 0 saturated heterocycles. The molecule has 2 aliphatic rings. The van der Waals surface area contributed by atoms with Gasteiger partial charge in [0.1, 0.15) is 4.90 Å². The van der Waals surface area contributed by atoms with E-state index >= 15 is 0 Å². The van der Waals surface area contributed by atoms with E-state index in [2.05, 4.69) is 14.8 Å². The highest BCUT2D eigenvalue weighted by Crippen LogP contribution is 2.33. The van der Waals surface area contributed by atoms with E-state index in [-0.39, 0.29) is 23.5 Å². The second kappa shape index (κ2) is 6.73. The van der Waals surface area contributed by atoms with Crippen LogP contribution in [-0.4, -0.2) is 47.3 Å². The van der Waals surface area contributed by atoms with Crippen molar-refractivity contribution in [2.45, 2.75) is 18.4 Å². The number of carbonyl (C=O) groups excluding carboxylic acids is 1. The van der Waals surface area contributed by atoms with Gasteiger partial charge in [0.15, 0.2) is 11.5 Å². The highest BCUT2D eigenvalue weighted by atomic mass is 32.2. The number of anilines is 1. The smallest absolute Gasteiger partial charge is 0.293 e. The summed E-state index contributed by atoms with van der Waals surface area (Å²) in [6.45, 7) is 2.76. The number of rotatable bonds is 4. The van der Waals surface area contributed by atoms with Crippen LogP contribution in [0.2, 0.25) is 0 Å². The van der Waals surface area contributed by atoms with E-state index in [0.29, 0.717) is 30.3 Å². The molecule has 0 aliphatic carbocycles. The average molecular weight is 427 g/mol. The van der Waals surface area contributed by atoms with E-state index in [1.165, 1.54) is 10.7 Å². The van der Waals surface area contributed by atoms with Crippen molar-refractivity contribution in [3.05, 3.63) is 53.9 Å². The molecule has 0 saturated carbocycles. The highest BCUT2D eigenvalue weighted by molar-refractivity contribution is 7.92. The molecule has 3 aromatic rings. The molecule has 30 heavy (non-hydrogen) atoms. The number of aromatic nitrogens is 3. The van der Waals surface area contributed by atoms with Gasteiger partial charge in [0.05, 0.1) is 5.69 Å². The van der Waals surface area contributed by atoms with Crippen LogP contribution in [0, 0.1) is 0 Å². The Labute approximate surface area is 172 Å². The second-order valence-corrected chi connectivity index (χ2v) is 8.40. The van der Waals surface area contributed by atoms with Crippen molar-refractivity contribution in [1.29, 1.82) is 0 Å². The van der Waals surface area contributed by atoms with E-state index in [4.69, 9.17) is 9.47 Å². The van der Waals surface area contributed by atoms with Crippen LogP contribution in [0.25, 0.3) is 5.69 Å². The van der Waals surface area contributed by atoms with Gasteiger partial charge in [0.2, 0.25) is 18.6 Å². The van der Waals surface area contributed by atoms with Gasteiger partial charge in [0, 0.05) is 13.1 Å². The molecular formula is C19H17N5O5S. The van der Waals surface area contributed by atoms with Crippen molar-refractivity contribution in [3.63, 3.8) is 0 Å². The first-order chi connectivity index (χ1) is 14.5. The molecule has 2 aliphatic heterocycles. The van der Waals surface area contributed by atoms with E-state index in [9.17, 15) is 13.2 Å². The summed E-state index contributed by atoms with van der Waals surface area (Å²) < 4.78 is 39.3. The Morgan fingerprint density at radius 2 is 2.00 bits per heavy atom. The Hall–Kier alpha value is -3.60. The summed E-state index contributed by atoms with van der Waals surface area (Å²) in [5, 5.41) is 4.27. The fourth-order valence-electron chi connectivity index (χ4n) is 3.40. The van der Waals surface area contributed by atoms with Gasteiger partial charge >= 0.3 is 0 Å². The van der Waals surface area contributed by atoms with Crippen LogP contribution >= 0.6 is 0 Å². The molecule has 0 bridgehead atoms.